The molecule has 0 spiro atoms. The Kier molecular flexibility index (Phi) is 8.16. The molecule has 2 N–H and O–H groups in total. The summed E-state index contributed by atoms with van der Waals surface area (Å²) in [4.78, 5) is 32.9. The van der Waals surface area contributed by atoms with Gasteiger partial charge in [0, 0.05) is 12.7 Å². The molecule has 98 valence electrons. The van der Waals surface area contributed by atoms with Gasteiger partial charge in [-0.1, -0.05) is 0 Å². The van der Waals surface area contributed by atoms with Crippen molar-refractivity contribution in [3.8, 4) is 0 Å². The maximum Gasteiger partial charge on any atom is 0.516 e. The third-order valence-corrected chi connectivity index (χ3v) is 2.48. The molecule has 0 radical (unpaired) electrons. The molecule has 0 aromatic carbocycles. The number of carbonyl (C=O) groups excluding carboxylic acids is 3. The average molecular weight is 264 g/mol. The van der Waals surface area contributed by atoms with Crippen LogP contribution in [0.3, 0.4) is 0 Å². The fourth-order valence-electron chi connectivity index (χ4n) is 0.796. The number of hydrogen-bond acceptors (Lipinski definition) is 7. The van der Waals surface area contributed by atoms with E-state index in [1.54, 1.807) is 14.0 Å². The molecule has 17 heavy (non-hydrogen) atoms. The van der Waals surface area contributed by atoms with E-state index in [1.807, 2.05) is 0 Å². The van der Waals surface area contributed by atoms with Crippen molar-refractivity contribution in [2.45, 2.75) is 19.9 Å². The van der Waals surface area contributed by atoms with Crippen molar-refractivity contribution in [3.63, 3.8) is 0 Å². The minimum Gasteiger partial charge on any atom is -0.434 e. The highest BCUT2D eigenvalue weighted by Crippen LogP contribution is 2.01. The Morgan fingerprint density at radius 3 is 2.47 bits per heavy atom. The Balaban J connectivity index is 4.03. The summed E-state index contributed by atoms with van der Waals surface area (Å²) < 4.78 is 11.3. The lowest BCUT2D eigenvalue weighted by atomic mass is 10.3. The van der Waals surface area contributed by atoms with Crippen LogP contribution in [0.4, 0.5) is 4.79 Å². The molecule has 0 aliphatic carbocycles. The molecule has 0 saturated carbocycles. The minimum absolute atomic E-state index is 0.136. The van der Waals surface area contributed by atoms with Crippen LogP contribution in [0.2, 0.25) is 0 Å². The molecule has 0 unspecified atom stereocenters. The van der Waals surface area contributed by atoms with Gasteiger partial charge in [-0.15, -0.1) is 0 Å². The maximum atomic E-state index is 11.4. The van der Waals surface area contributed by atoms with Crippen LogP contribution in [0.25, 0.3) is 0 Å². The van der Waals surface area contributed by atoms with Crippen molar-refractivity contribution in [1.29, 1.82) is 0 Å². The van der Waals surface area contributed by atoms with E-state index in [0.29, 0.717) is 0 Å². The van der Waals surface area contributed by atoms with Crippen LogP contribution in [0.5, 0.6) is 0 Å². The van der Waals surface area contributed by atoms with Crippen molar-refractivity contribution in [2.75, 3.05) is 19.4 Å². The Labute approximate surface area is 104 Å². The van der Waals surface area contributed by atoms with Gasteiger partial charge in [0.25, 0.3) is 0 Å². The van der Waals surface area contributed by atoms with Crippen molar-refractivity contribution in [1.82, 2.24) is 10.0 Å². The summed E-state index contributed by atoms with van der Waals surface area (Å²) in [6.45, 7) is 3.10. The van der Waals surface area contributed by atoms with Crippen molar-refractivity contribution in [2.24, 2.45) is 0 Å². The normalized spacial score (nSPS) is 11.5. The standard InChI is InChI=1S/C9H16N2O5S/c1-4-15-9(14)16-8(13)7(10-3)5-17-11-6(2)12/h7,10H,4-5H2,1-3H3,(H,11,12)/t7-/m0/s1. The lowest BCUT2D eigenvalue weighted by Gasteiger charge is -2.13. The summed E-state index contributed by atoms with van der Waals surface area (Å²) >= 11 is 1.05. The third kappa shape index (κ3) is 7.58. The van der Waals surface area contributed by atoms with Crippen LogP contribution in [0, 0.1) is 0 Å². The minimum atomic E-state index is -1.03. The van der Waals surface area contributed by atoms with E-state index in [1.165, 1.54) is 6.92 Å². The molecule has 8 heteroatoms. The fourth-order valence-corrected chi connectivity index (χ4v) is 1.55. The smallest absolute Gasteiger partial charge is 0.434 e. The lowest BCUT2D eigenvalue weighted by Crippen LogP contribution is -2.39. The molecule has 0 aliphatic rings. The molecule has 0 rings (SSSR count). The van der Waals surface area contributed by atoms with E-state index in [2.05, 4.69) is 19.5 Å². The molecule has 0 fully saturated rings. The molecule has 7 nitrogen and oxygen atoms in total. The highest BCUT2D eigenvalue weighted by molar-refractivity contribution is 7.98. The molecule has 0 aromatic rings. The SMILES string of the molecule is CCOC(=O)OC(=O)[C@H](CSNC(C)=O)NC. The summed E-state index contributed by atoms with van der Waals surface area (Å²) in [5, 5.41) is 2.67. The van der Waals surface area contributed by atoms with E-state index in [4.69, 9.17) is 0 Å². The van der Waals surface area contributed by atoms with Crippen LogP contribution in [0.1, 0.15) is 13.8 Å². The lowest BCUT2D eigenvalue weighted by molar-refractivity contribution is -0.141. The number of esters is 1. The Bertz CT molecular complexity index is 285. The quantitative estimate of drug-likeness (QED) is 0.398. The van der Waals surface area contributed by atoms with Crippen molar-refractivity contribution in [3.05, 3.63) is 0 Å². The first-order valence-corrected chi connectivity index (χ1v) is 5.93. The van der Waals surface area contributed by atoms with Gasteiger partial charge in [-0.05, 0) is 25.9 Å². The topological polar surface area (TPSA) is 93.7 Å². The predicted molar refractivity (Wildman–Crippen MR) is 62.2 cm³/mol. The zero-order valence-electron chi connectivity index (χ0n) is 9.94. The highest BCUT2D eigenvalue weighted by atomic mass is 32.2. The number of amides is 1. The van der Waals surface area contributed by atoms with Crippen molar-refractivity contribution >= 4 is 30.0 Å². The molecular formula is C9H16N2O5S. The molecule has 0 aromatic heterocycles. The number of carbonyl (C=O) groups is 3. The summed E-state index contributed by atoms with van der Waals surface area (Å²) in [5.74, 6) is -0.721. The van der Waals surface area contributed by atoms with Crippen LogP contribution in [-0.2, 0) is 19.1 Å². The molecule has 1 amide bonds. The van der Waals surface area contributed by atoms with Gasteiger partial charge in [0.15, 0.2) is 0 Å². The Morgan fingerprint density at radius 2 is 2.00 bits per heavy atom. The predicted octanol–water partition coefficient (Wildman–Crippen LogP) is 0.0584. The first-order valence-electron chi connectivity index (χ1n) is 4.95. The highest BCUT2D eigenvalue weighted by Gasteiger charge is 2.22. The van der Waals surface area contributed by atoms with E-state index in [0.717, 1.165) is 11.9 Å². The third-order valence-electron chi connectivity index (χ3n) is 1.54. The molecule has 0 heterocycles. The Hall–Kier alpha value is -1.28. The molecule has 0 aliphatic heterocycles. The molecule has 0 bridgehead atoms. The van der Waals surface area contributed by atoms with Gasteiger partial charge in [-0.2, -0.15) is 0 Å². The number of nitrogens with one attached hydrogen (secondary N) is 2. The van der Waals surface area contributed by atoms with E-state index in [9.17, 15) is 14.4 Å². The maximum absolute atomic E-state index is 11.4. The number of hydrogen-bond donors (Lipinski definition) is 2. The monoisotopic (exact) mass is 264 g/mol. The molecule has 1 atom stereocenters. The van der Waals surface area contributed by atoms with Gasteiger partial charge in [0.1, 0.15) is 6.04 Å². The number of rotatable bonds is 6. The second-order valence-corrected chi connectivity index (χ2v) is 3.74. The number of likely N-dealkylation sites (N-methyl/N-ethyl adjacent to an activating group) is 1. The van der Waals surface area contributed by atoms with Crippen LogP contribution in [-0.4, -0.2) is 43.5 Å². The second kappa shape index (κ2) is 8.82. The van der Waals surface area contributed by atoms with Crippen LogP contribution in [0.15, 0.2) is 0 Å². The molecule has 0 saturated heterocycles. The zero-order chi connectivity index (χ0) is 13.3. The molecular weight excluding hydrogens is 248 g/mol. The van der Waals surface area contributed by atoms with Gasteiger partial charge in [-0.25, -0.2) is 9.59 Å². The fraction of sp³-hybridized carbons (Fsp3) is 0.667. The van der Waals surface area contributed by atoms with Gasteiger partial charge >= 0.3 is 12.1 Å². The summed E-state index contributed by atoms with van der Waals surface area (Å²) in [5.41, 5.74) is 0. The second-order valence-electron chi connectivity index (χ2n) is 2.91. The largest absolute Gasteiger partial charge is 0.516 e. The van der Waals surface area contributed by atoms with Gasteiger partial charge in [0.05, 0.1) is 6.61 Å². The summed E-state index contributed by atoms with van der Waals surface area (Å²) in [7, 11) is 1.55. The van der Waals surface area contributed by atoms with E-state index >= 15 is 0 Å². The van der Waals surface area contributed by atoms with Crippen molar-refractivity contribution < 1.29 is 23.9 Å². The summed E-state index contributed by atoms with van der Waals surface area (Å²) in [6.07, 6.45) is -1.03. The summed E-state index contributed by atoms with van der Waals surface area (Å²) in [6, 6.07) is -0.698. The average Bonchev–Trinajstić information content (AvgIpc) is 2.24. The van der Waals surface area contributed by atoms with E-state index in [-0.39, 0.29) is 18.3 Å². The van der Waals surface area contributed by atoms with Gasteiger partial charge < -0.3 is 19.5 Å². The first kappa shape index (κ1) is 15.7. The van der Waals surface area contributed by atoms with Crippen LogP contribution < -0.4 is 10.0 Å². The van der Waals surface area contributed by atoms with Gasteiger partial charge in [-0.3, -0.25) is 4.79 Å². The van der Waals surface area contributed by atoms with E-state index < -0.39 is 18.2 Å². The van der Waals surface area contributed by atoms with Gasteiger partial charge in [0.2, 0.25) is 5.91 Å². The number of ether oxygens (including phenoxy) is 2. The Morgan fingerprint density at radius 1 is 1.35 bits per heavy atom. The van der Waals surface area contributed by atoms with Crippen LogP contribution >= 0.6 is 11.9 Å². The first-order chi connectivity index (χ1) is 8.01. The zero-order valence-corrected chi connectivity index (χ0v) is 10.8.